The number of carbonyl (C=O) groups excluding carboxylic acids is 1. The summed E-state index contributed by atoms with van der Waals surface area (Å²) < 4.78 is 13.7. The van der Waals surface area contributed by atoms with Crippen molar-refractivity contribution < 1.29 is 9.18 Å². The fraction of sp³-hybridized carbons (Fsp3) is 0.600. The van der Waals surface area contributed by atoms with Crippen molar-refractivity contribution in [2.75, 3.05) is 26.7 Å². The summed E-state index contributed by atoms with van der Waals surface area (Å²) in [6.45, 7) is 8.15. The average Bonchev–Trinajstić information content (AvgIpc) is 2.62. The Labute approximate surface area is 156 Å². The first-order valence-corrected chi connectivity index (χ1v) is 9.41. The predicted octanol–water partition coefficient (Wildman–Crippen LogP) is 3.01. The molecule has 5 nitrogen and oxygen atoms in total. The third kappa shape index (κ3) is 5.71. The Kier molecular flexibility index (Phi) is 7.42. The van der Waals surface area contributed by atoms with E-state index < -0.39 is 0 Å². The van der Waals surface area contributed by atoms with E-state index in [1.807, 2.05) is 17.9 Å². The summed E-state index contributed by atoms with van der Waals surface area (Å²) in [6, 6.07) is 5.14. The predicted molar refractivity (Wildman–Crippen MR) is 104 cm³/mol. The minimum absolute atomic E-state index is 0.0880. The number of amides is 1. The van der Waals surface area contributed by atoms with Crippen molar-refractivity contribution in [2.24, 2.45) is 10.9 Å². The van der Waals surface area contributed by atoms with Gasteiger partial charge in [-0.1, -0.05) is 19.1 Å². The molecule has 6 heteroatoms. The molecule has 1 aliphatic heterocycles. The number of aryl methyl sites for hydroxylation is 1. The third-order valence-electron chi connectivity index (χ3n) is 4.91. The Balaban J connectivity index is 1.80. The van der Waals surface area contributed by atoms with Gasteiger partial charge in [0, 0.05) is 33.1 Å². The lowest BCUT2D eigenvalue weighted by Crippen LogP contribution is -2.43. The van der Waals surface area contributed by atoms with Gasteiger partial charge in [0.2, 0.25) is 5.91 Å². The second-order valence-electron chi connectivity index (χ2n) is 7.21. The summed E-state index contributed by atoms with van der Waals surface area (Å²) in [5.41, 5.74) is 1.49. The van der Waals surface area contributed by atoms with Crippen LogP contribution in [-0.2, 0) is 4.79 Å². The van der Waals surface area contributed by atoms with Gasteiger partial charge in [-0.2, -0.15) is 0 Å². The van der Waals surface area contributed by atoms with Crippen LogP contribution in [0.4, 0.5) is 4.39 Å². The van der Waals surface area contributed by atoms with Gasteiger partial charge in [0.05, 0.1) is 6.04 Å². The summed E-state index contributed by atoms with van der Waals surface area (Å²) in [5.74, 6) is 1.18. The fourth-order valence-electron chi connectivity index (χ4n) is 3.22. The summed E-state index contributed by atoms with van der Waals surface area (Å²) in [4.78, 5) is 18.5. The Hall–Kier alpha value is -2.11. The van der Waals surface area contributed by atoms with Crippen LogP contribution in [0.1, 0.15) is 50.3 Å². The topological polar surface area (TPSA) is 56.7 Å². The van der Waals surface area contributed by atoms with Crippen molar-refractivity contribution in [1.82, 2.24) is 15.5 Å². The minimum Gasteiger partial charge on any atom is -0.356 e. The number of nitrogens with zero attached hydrogens (tertiary/aromatic N) is 2. The van der Waals surface area contributed by atoms with Crippen LogP contribution >= 0.6 is 0 Å². The molecular formula is C20H31FN4O. The van der Waals surface area contributed by atoms with Gasteiger partial charge >= 0.3 is 0 Å². The molecule has 2 rings (SSSR count). The van der Waals surface area contributed by atoms with Gasteiger partial charge in [-0.05, 0) is 49.8 Å². The van der Waals surface area contributed by atoms with Crippen molar-refractivity contribution in [1.29, 1.82) is 0 Å². The van der Waals surface area contributed by atoms with Crippen LogP contribution in [0, 0.1) is 18.7 Å². The monoisotopic (exact) mass is 362 g/mol. The molecule has 1 fully saturated rings. The molecule has 0 spiro atoms. The zero-order chi connectivity index (χ0) is 19.1. The number of halogens is 1. The maximum atomic E-state index is 13.7. The summed E-state index contributed by atoms with van der Waals surface area (Å²) >= 11 is 0. The number of aliphatic imine (C=N–C) groups is 1. The van der Waals surface area contributed by atoms with E-state index in [1.165, 1.54) is 6.42 Å². The van der Waals surface area contributed by atoms with E-state index in [0.717, 1.165) is 25.1 Å². The van der Waals surface area contributed by atoms with E-state index in [1.54, 1.807) is 26.1 Å². The Bertz CT molecular complexity index is 647. The van der Waals surface area contributed by atoms with Crippen molar-refractivity contribution in [3.05, 3.63) is 35.1 Å². The first kappa shape index (κ1) is 20.2. The molecule has 1 aromatic rings. The van der Waals surface area contributed by atoms with Gasteiger partial charge in [0.15, 0.2) is 5.96 Å². The molecule has 1 heterocycles. The second-order valence-corrected chi connectivity index (χ2v) is 7.21. The van der Waals surface area contributed by atoms with E-state index in [2.05, 4.69) is 22.5 Å². The number of carbonyl (C=O) groups is 1. The normalized spacial score (nSPS) is 19.2. The number of benzene rings is 1. The number of guanidine groups is 1. The number of nitrogens with one attached hydrogen (secondary N) is 2. The zero-order valence-electron chi connectivity index (χ0n) is 16.3. The van der Waals surface area contributed by atoms with Crippen LogP contribution in [0.3, 0.4) is 0 Å². The van der Waals surface area contributed by atoms with Crippen LogP contribution in [0.5, 0.6) is 0 Å². The highest BCUT2D eigenvalue weighted by Gasteiger charge is 2.20. The zero-order valence-corrected chi connectivity index (χ0v) is 16.3. The first-order valence-electron chi connectivity index (χ1n) is 9.41. The smallest absolute Gasteiger partial charge is 0.224 e. The van der Waals surface area contributed by atoms with Crippen molar-refractivity contribution in [3.63, 3.8) is 0 Å². The highest BCUT2D eigenvalue weighted by molar-refractivity contribution is 5.81. The molecule has 1 aromatic carbocycles. The molecule has 0 aromatic heterocycles. The van der Waals surface area contributed by atoms with Crippen LogP contribution in [0.15, 0.2) is 23.2 Å². The lowest BCUT2D eigenvalue weighted by molar-refractivity contribution is -0.132. The molecule has 2 atom stereocenters. The largest absolute Gasteiger partial charge is 0.356 e. The first-order chi connectivity index (χ1) is 12.4. The van der Waals surface area contributed by atoms with Crippen LogP contribution in [-0.4, -0.2) is 43.4 Å². The lowest BCUT2D eigenvalue weighted by atomic mass is 10.00. The quantitative estimate of drug-likeness (QED) is 0.625. The van der Waals surface area contributed by atoms with Gasteiger partial charge in [-0.25, -0.2) is 4.39 Å². The number of piperidine rings is 1. The molecule has 1 saturated heterocycles. The van der Waals surface area contributed by atoms with E-state index in [0.29, 0.717) is 30.4 Å². The Morgan fingerprint density at radius 1 is 1.46 bits per heavy atom. The minimum atomic E-state index is -0.208. The number of likely N-dealkylation sites (tertiary alicyclic amines) is 1. The second kappa shape index (κ2) is 9.55. The summed E-state index contributed by atoms with van der Waals surface area (Å²) in [5, 5.41) is 6.41. The summed E-state index contributed by atoms with van der Waals surface area (Å²) in [7, 11) is 1.69. The third-order valence-corrected chi connectivity index (χ3v) is 4.91. The van der Waals surface area contributed by atoms with Gasteiger partial charge in [0.1, 0.15) is 5.82 Å². The molecule has 1 amide bonds. The fourth-order valence-corrected chi connectivity index (χ4v) is 3.22. The molecule has 0 saturated carbocycles. The van der Waals surface area contributed by atoms with Gasteiger partial charge < -0.3 is 15.5 Å². The molecular weight excluding hydrogens is 331 g/mol. The van der Waals surface area contributed by atoms with E-state index in [4.69, 9.17) is 0 Å². The molecule has 0 aliphatic carbocycles. The van der Waals surface area contributed by atoms with E-state index in [9.17, 15) is 9.18 Å². The van der Waals surface area contributed by atoms with E-state index in [-0.39, 0.29) is 17.8 Å². The van der Waals surface area contributed by atoms with Gasteiger partial charge in [0.25, 0.3) is 0 Å². The average molecular weight is 362 g/mol. The van der Waals surface area contributed by atoms with Gasteiger partial charge in [-0.3, -0.25) is 9.79 Å². The lowest BCUT2D eigenvalue weighted by Gasteiger charge is -2.31. The van der Waals surface area contributed by atoms with Crippen LogP contribution < -0.4 is 10.6 Å². The van der Waals surface area contributed by atoms with Crippen molar-refractivity contribution in [3.8, 4) is 0 Å². The van der Waals surface area contributed by atoms with Crippen molar-refractivity contribution in [2.45, 2.75) is 46.1 Å². The molecule has 0 radical (unpaired) electrons. The highest BCUT2D eigenvalue weighted by atomic mass is 19.1. The van der Waals surface area contributed by atoms with Gasteiger partial charge in [-0.15, -0.1) is 0 Å². The molecule has 26 heavy (non-hydrogen) atoms. The molecule has 2 N–H and O–H groups in total. The number of hydrogen-bond donors (Lipinski definition) is 2. The standard InChI is InChI=1S/C20H31FN4O/c1-14-6-5-11-25(13-14)19(26)9-10-23-20(22-4)24-16(3)17-8-7-15(2)18(21)12-17/h7-8,12,14,16H,5-6,9-11,13H2,1-4H3,(H2,22,23,24). The number of rotatable bonds is 5. The number of hydrogen-bond acceptors (Lipinski definition) is 2. The molecule has 2 unspecified atom stereocenters. The maximum Gasteiger partial charge on any atom is 0.224 e. The SMILES string of the molecule is CN=C(NCCC(=O)N1CCCC(C)C1)NC(C)c1ccc(C)c(F)c1. The van der Waals surface area contributed by atoms with Crippen LogP contribution in [0.25, 0.3) is 0 Å². The van der Waals surface area contributed by atoms with E-state index >= 15 is 0 Å². The van der Waals surface area contributed by atoms with Crippen LogP contribution in [0.2, 0.25) is 0 Å². The molecule has 144 valence electrons. The highest BCUT2D eigenvalue weighted by Crippen LogP contribution is 2.17. The summed E-state index contributed by atoms with van der Waals surface area (Å²) in [6.07, 6.45) is 2.74. The Morgan fingerprint density at radius 3 is 2.88 bits per heavy atom. The maximum absolute atomic E-state index is 13.7. The Morgan fingerprint density at radius 2 is 2.23 bits per heavy atom. The molecule has 0 bridgehead atoms. The molecule has 1 aliphatic rings. The van der Waals surface area contributed by atoms with Crippen molar-refractivity contribution >= 4 is 11.9 Å².